The molecule has 1 fully saturated rings. The van der Waals surface area contributed by atoms with E-state index in [1.54, 1.807) is 18.2 Å². The van der Waals surface area contributed by atoms with Crippen LogP contribution in [-0.2, 0) is 14.3 Å². The highest BCUT2D eigenvalue weighted by Crippen LogP contribution is 2.14. The predicted molar refractivity (Wildman–Crippen MR) is 67.6 cm³/mol. The van der Waals surface area contributed by atoms with Crippen molar-refractivity contribution in [2.45, 2.75) is 18.9 Å². The van der Waals surface area contributed by atoms with Gasteiger partial charge in [0.2, 0.25) is 11.8 Å². The molecule has 2 amide bonds. The molecular formula is C13H14N2O4. The van der Waals surface area contributed by atoms with Crippen LogP contribution in [0.4, 0.5) is 5.69 Å². The maximum absolute atomic E-state index is 11.9. The highest BCUT2D eigenvalue weighted by molar-refractivity contribution is 6.00. The average molecular weight is 262 g/mol. The predicted octanol–water partition coefficient (Wildman–Crippen LogP) is 0.690. The molecule has 2 rings (SSSR count). The van der Waals surface area contributed by atoms with Crippen LogP contribution in [0.1, 0.15) is 23.2 Å². The van der Waals surface area contributed by atoms with E-state index in [1.807, 2.05) is 0 Å². The third-order valence-corrected chi connectivity index (χ3v) is 2.86. The molecule has 0 saturated carbocycles. The van der Waals surface area contributed by atoms with Crippen LogP contribution in [0, 0.1) is 0 Å². The van der Waals surface area contributed by atoms with Crippen LogP contribution in [0.3, 0.4) is 0 Å². The molecule has 1 atom stereocenters. The lowest BCUT2D eigenvalue weighted by Gasteiger charge is -2.11. The van der Waals surface area contributed by atoms with Crippen molar-refractivity contribution in [3.63, 3.8) is 0 Å². The quantitative estimate of drug-likeness (QED) is 0.785. The van der Waals surface area contributed by atoms with E-state index < -0.39 is 12.0 Å². The molecule has 1 aliphatic rings. The Labute approximate surface area is 110 Å². The van der Waals surface area contributed by atoms with Crippen molar-refractivity contribution >= 4 is 23.5 Å². The van der Waals surface area contributed by atoms with E-state index in [0.29, 0.717) is 24.1 Å². The highest BCUT2D eigenvalue weighted by Gasteiger charge is 2.27. The second-order valence-electron chi connectivity index (χ2n) is 4.22. The number of hydrogen-bond acceptors (Lipinski definition) is 4. The molecule has 19 heavy (non-hydrogen) atoms. The molecule has 0 radical (unpaired) electrons. The zero-order valence-corrected chi connectivity index (χ0v) is 10.4. The van der Waals surface area contributed by atoms with Gasteiger partial charge in [-0.15, -0.1) is 0 Å². The van der Waals surface area contributed by atoms with Gasteiger partial charge in [0, 0.05) is 12.1 Å². The SMILES string of the molecule is COC(=O)c1cccc(NC(=O)[C@H]2CCC(=O)N2)c1. The van der Waals surface area contributed by atoms with Crippen molar-refractivity contribution in [3.8, 4) is 0 Å². The minimum absolute atomic E-state index is 0.122. The standard InChI is InChI=1S/C13H14N2O4/c1-19-13(18)8-3-2-4-9(7-8)14-12(17)10-5-6-11(16)15-10/h2-4,7,10H,5-6H2,1H3,(H,14,17)(H,15,16)/t10-/m1/s1. The monoisotopic (exact) mass is 262 g/mol. The number of hydrogen-bond donors (Lipinski definition) is 2. The van der Waals surface area contributed by atoms with Crippen LogP contribution in [0.25, 0.3) is 0 Å². The third-order valence-electron chi connectivity index (χ3n) is 2.86. The van der Waals surface area contributed by atoms with Crippen LogP contribution >= 0.6 is 0 Å². The largest absolute Gasteiger partial charge is 0.465 e. The second-order valence-corrected chi connectivity index (χ2v) is 4.22. The molecule has 0 bridgehead atoms. The number of rotatable bonds is 3. The summed E-state index contributed by atoms with van der Waals surface area (Å²) < 4.78 is 4.60. The minimum Gasteiger partial charge on any atom is -0.465 e. The lowest BCUT2D eigenvalue weighted by Crippen LogP contribution is -2.37. The van der Waals surface area contributed by atoms with Crippen LogP contribution in [0.5, 0.6) is 0 Å². The zero-order valence-electron chi connectivity index (χ0n) is 10.4. The van der Waals surface area contributed by atoms with Gasteiger partial charge in [0.1, 0.15) is 6.04 Å². The molecule has 0 spiro atoms. The summed E-state index contributed by atoms with van der Waals surface area (Å²) in [4.78, 5) is 34.3. The Morgan fingerprint density at radius 3 is 2.84 bits per heavy atom. The van der Waals surface area contributed by atoms with Gasteiger partial charge in [-0.3, -0.25) is 9.59 Å². The van der Waals surface area contributed by atoms with Crippen LogP contribution in [-0.4, -0.2) is 30.9 Å². The fourth-order valence-corrected chi connectivity index (χ4v) is 1.88. The van der Waals surface area contributed by atoms with E-state index in [1.165, 1.54) is 13.2 Å². The van der Waals surface area contributed by atoms with Gasteiger partial charge >= 0.3 is 5.97 Å². The summed E-state index contributed by atoms with van der Waals surface area (Å²) in [5, 5.41) is 5.24. The fourth-order valence-electron chi connectivity index (χ4n) is 1.88. The summed E-state index contributed by atoms with van der Waals surface area (Å²) in [5.41, 5.74) is 0.852. The Bertz CT molecular complexity index is 527. The Morgan fingerprint density at radius 1 is 1.42 bits per heavy atom. The van der Waals surface area contributed by atoms with E-state index in [2.05, 4.69) is 15.4 Å². The van der Waals surface area contributed by atoms with Crippen molar-refractivity contribution in [3.05, 3.63) is 29.8 Å². The van der Waals surface area contributed by atoms with Crippen LogP contribution in [0.15, 0.2) is 24.3 Å². The first kappa shape index (κ1) is 13.1. The topological polar surface area (TPSA) is 84.5 Å². The second kappa shape index (κ2) is 5.51. The van der Waals surface area contributed by atoms with E-state index in [0.717, 1.165) is 0 Å². The number of amides is 2. The molecule has 0 aromatic heterocycles. The average Bonchev–Trinajstić information content (AvgIpc) is 2.85. The summed E-state index contributed by atoms with van der Waals surface area (Å²) in [6, 6.07) is 5.93. The number of esters is 1. The van der Waals surface area contributed by atoms with Gasteiger partial charge in [0.15, 0.2) is 0 Å². The maximum atomic E-state index is 11.9. The molecule has 1 saturated heterocycles. The summed E-state index contributed by atoms with van der Waals surface area (Å²) in [6.07, 6.45) is 0.849. The summed E-state index contributed by atoms with van der Waals surface area (Å²) in [5.74, 6) is -0.874. The molecular weight excluding hydrogens is 248 g/mol. The van der Waals surface area contributed by atoms with Gasteiger partial charge in [-0.25, -0.2) is 4.79 Å². The first-order valence-electron chi connectivity index (χ1n) is 5.89. The number of anilines is 1. The lowest BCUT2D eigenvalue weighted by atomic mass is 10.2. The van der Waals surface area contributed by atoms with Gasteiger partial charge in [-0.2, -0.15) is 0 Å². The van der Waals surface area contributed by atoms with Gasteiger partial charge in [0.25, 0.3) is 0 Å². The Hall–Kier alpha value is -2.37. The van der Waals surface area contributed by atoms with Crippen molar-refractivity contribution in [2.75, 3.05) is 12.4 Å². The molecule has 0 aliphatic carbocycles. The maximum Gasteiger partial charge on any atom is 0.337 e. The first-order chi connectivity index (χ1) is 9.10. The molecule has 1 aromatic rings. The van der Waals surface area contributed by atoms with E-state index >= 15 is 0 Å². The van der Waals surface area contributed by atoms with Crippen molar-refractivity contribution in [1.82, 2.24) is 5.32 Å². The minimum atomic E-state index is -0.505. The number of carbonyl (C=O) groups is 3. The van der Waals surface area contributed by atoms with Crippen molar-refractivity contribution in [2.24, 2.45) is 0 Å². The smallest absolute Gasteiger partial charge is 0.337 e. The Morgan fingerprint density at radius 2 is 2.21 bits per heavy atom. The normalized spacial score (nSPS) is 17.7. The third kappa shape index (κ3) is 3.09. The van der Waals surface area contributed by atoms with Crippen LogP contribution in [0.2, 0.25) is 0 Å². The summed E-state index contributed by atoms with van der Waals surface area (Å²) >= 11 is 0. The fraction of sp³-hybridized carbons (Fsp3) is 0.308. The lowest BCUT2D eigenvalue weighted by molar-refractivity contribution is -0.122. The molecule has 6 nitrogen and oxygen atoms in total. The molecule has 1 aliphatic heterocycles. The van der Waals surface area contributed by atoms with Crippen molar-refractivity contribution < 1.29 is 19.1 Å². The molecule has 2 N–H and O–H groups in total. The Kier molecular flexibility index (Phi) is 3.79. The molecule has 0 unspecified atom stereocenters. The van der Waals surface area contributed by atoms with Gasteiger partial charge < -0.3 is 15.4 Å². The number of benzene rings is 1. The van der Waals surface area contributed by atoms with E-state index in [4.69, 9.17) is 0 Å². The molecule has 1 aromatic carbocycles. The Balaban J connectivity index is 2.04. The molecule has 1 heterocycles. The van der Waals surface area contributed by atoms with Gasteiger partial charge in [-0.1, -0.05) is 6.07 Å². The zero-order chi connectivity index (χ0) is 13.8. The van der Waals surface area contributed by atoms with E-state index in [9.17, 15) is 14.4 Å². The highest BCUT2D eigenvalue weighted by atomic mass is 16.5. The first-order valence-corrected chi connectivity index (χ1v) is 5.89. The number of ether oxygens (including phenoxy) is 1. The van der Waals surface area contributed by atoms with Crippen molar-refractivity contribution in [1.29, 1.82) is 0 Å². The van der Waals surface area contributed by atoms with Crippen LogP contribution < -0.4 is 10.6 Å². The summed E-state index contributed by atoms with van der Waals surface area (Å²) in [7, 11) is 1.29. The number of nitrogens with one attached hydrogen (secondary N) is 2. The number of carbonyl (C=O) groups excluding carboxylic acids is 3. The molecule has 100 valence electrons. The van der Waals surface area contributed by atoms with E-state index in [-0.39, 0.29) is 11.8 Å². The van der Waals surface area contributed by atoms with Gasteiger partial charge in [-0.05, 0) is 24.6 Å². The summed E-state index contributed by atoms with van der Waals surface area (Å²) in [6.45, 7) is 0. The number of methoxy groups -OCH3 is 1. The molecule has 6 heteroatoms. The van der Waals surface area contributed by atoms with Gasteiger partial charge in [0.05, 0.1) is 12.7 Å².